The predicted octanol–water partition coefficient (Wildman–Crippen LogP) is 3.51. The van der Waals surface area contributed by atoms with Gasteiger partial charge in [0, 0.05) is 0 Å². The summed E-state index contributed by atoms with van der Waals surface area (Å²) in [5.74, 6) is -0.666. The molecule has 0 heterocycles. The van der Waals surface area contributed by atoms with Crippen LogP contribution in [0.1, 0.15) is 58.4 Å². The van der Waals surface area contributed by atoms with Crippen LogP contribution in [0.15, 0.2) is 24.3 Å². The van der Waals surface area contributed by atoms with Crippen LogP contribution in [-0.4, -0.2) is 42.9 Å². The van der Waals surface area contributed by atoms with E-state index in [-0.39, 0.29) is 19.1 Å². The van der Waals surface area contributed by atoms with E-state index in [2.05, 4.69) is 5.32 Å². The molecule has 166 valence electrons. The summed E-state index contributed by atoms with van der Waals surface area (Å²) < 4.78 is 21.1. The molecule has 1 saturated carbocycles. The highest BCUT2D eigenvalue weighted by molar-refractivity contribution is 5.86. The number of rotatable bonds is 8. The minimum atomic E-state index is -1.21. The number of hydrogen-bond donors (Lipinski definition) is 1. The largest absolute Gasteiger partial charge is 0.497 e. The Labute approximate surface area is 177 Å². The molecule has 0 bridgehead atoms. The Balaban J connectivity index is 1.99. The second-order valence-corrected chi connectivity index (χ2v) is 8.26. The van der Waals surface area contributed by atoms with Crippen LogP contribution in [0.2, 0.25) is 0 Å². The van der Waals surface area contributed by atoms with Crippen LogP contribution < -0.4 is 10.1 Å². The molecule has 1 atom stereocenters. The van der Waals surface area contributed by atoms with Gasteiger partial charge >= 0.3 is 18.0 Å². The Kier molecular flexibility index (Phi) is 8.50. The predicted molar refractivity (Wildman–Crippen MR) is 109 cm³/mol. The molecular formula is C22H31NO7. The Morgan fingerprint density at radius 2 is 1.87 bits per heavy atom. The van der Waals surface area contributed by atoms with Crippen LogP contribution in [0.25, 0.3) is 0 Å². The molecule has 1 aromatic carbocycles. The maximum atomic E-state index is 12.6. The quantitative estimate of drug-likeness (QED) is 0.506. The first-order valence-electron chi connectivity index (χ1n) is 10.1. The van der Waals surface area contributed by atoms with Gasteiger partial charge in [0.05, 0.1) is 13.5 Å². The number of alkyl carbamates (subject to hydrolysis) is 1. The Bertz CT molecular complexity index is 735. The molecule has 0 radical (unpaired) electrons. The molecule has 0 aliphatic heterocycles. The summed E-state index contributed by atoms with van der Waals surface area (Å²) in [6, 6.07) is 5.85. The zero-order chi connectivity index (χ0) is 22.1. The van der Waals surface area contributed by atoms with E-state index in [0.717, 1.165) is 25.7 Å². The molecule has 1 aromatic rings. The highest BCUT2D eigenvalue weighted by atomic mass is 16.6. The van der Waals surface area contributed by atoms with Crippen molar-refractivity contribution < 1.29 is 33.3 Å². The molecule has 30 heavy (non-hydrogen) atoms. The molecule has 0 spiro atoms. The van der Waals surface area contributed by atoms with E-state index in [1.807, 2.05) is 0 Å². The fourth-order valence-corrected chi connectivity index (χ4v) is 3.07. The third kappa shape index (κ3) is 8.31. The number of carbonyl (C=O) groups excluding carboxylic acids is 3. The highest BCUT2D eigenvalue weighted by Crippen LogP contribution is 2.21. The lowest BCUT2D eigenvalue weighted by atomic mass is 10.2. The first kappa shape index (κ1) is 23.5. The van der Waals surface area contributed by atoms with Crippen LogP contribution in [0.4, 0.5) is 4.79 Å². The van der Waals surface area contributed by atoms with Crippen molar-refractivity contribution in [1.82, 2.24) is 5.32 Å². The average Bonchev–Trinajstić information content (AvgIpc) is 3.17. The van der Waals surface area contributed by atoms with Crippen molar-refractivity contribution in [3.63, 3.8) is 0 Å². The number of carbonyl (C=O) groups is 3. The normalized spacial score (nSPS) is 15.2. The van der Waals surface area contributed by atoms with E-state index < -0.39 is 29.7 Å². The van der Waals surface area contributed by atoms with Gasteiger partial charge in [0.25, 0.3) is 0 Å². The van der Waals surface area contributed by atoms with Crippen molar-refractivity contribution >= 4 is 18.0 Å². The zero-order valence-electron chi connectivity index (χ0n) is 18.1. The fourth-order valence-electron chi connectivity index (χ4n) is 3.07. The van der Waals surface area contributed by atoms with Gasteiger partial charge in [-0.05, 0) is 64.2 Å². The second-order valence-electron chi connectivity index (χ2n) is 8.26. The third-order valence-corrected chi connectivity index (χ3v) is 4.46. The van der Waals surface area contributed by atoms with Crippen LogP contribution in [-0.2, 0) is 30.4 Å². The molecule has 0 unspecified atom stereocenters. The summed E-state index contributed by atoms with van der Waals surface area (Å²) in [7, 11) is 1.54. The van der Waals surface area contributed by atoms with E-state index in [1.165, 1.54) is 0 Å². The summed E-state index contributed by atoms with van der Waals surface area (Å²) in [6.45, 7) is 5.09. The maximum absolute atomic E-state index is 12.6. The van der Waals surface area contributed by atoms with Crippen molar-refractivity contribution in [3.05, 3.63) is 29.8 Å². The average molecular weight is 421 g/mol. The number of ether oxygens (including phenoxy) is 4. The molecule has 1 N–H and O–H groups in total. The van der Waals surface area contributed by atoms with E-state index in [1.54, 1.807) is 52.1 Å². The number of esters is 2. The second kappa shape index (κ2) is 10.8. The molecule has 0 aromatic heterocycles. The number of amides is 1. The SMILES string of the molecule is COc1cccc(COC(=O)[C@H](CC(=O)OC2CCCC2)NC(=O)OC(C)(C)C)c1. The van der Waals surface area contributed by atoms with Crippen molar-refractivity contribution in [2.75, 3.05) is 7.11 Å². The summed E-state index contributed by atoms with van der Waals surface area (Å²) in [5.41, 5.74) is -0.0315. The number of nitrogens with one attached hydrogen (secondary N) is 1. The summed E-state index contributed by atoms with van der Waals surface area (Å²) in [5, 5.41) is 2.43. The standard InChI is InChI=1S/C22H31NO7/c1-22(2,3)30-21(26)23-18(13-19(24)29-16-9-5-6-10-16)20(25)28-14-15-8-7-11-17(12-15)27-4/h7-8,11-12,16,18H,5-6,9-10,13-14H2,1-4H3,(H,23,26)/t18-/m0/s1. The van der Waals surface area contributed by atoms with Crippen molar-refractivity contribution in [2.45, 2.75) is 77.2 Å². The van der Waals surface area contributed by atoms with Crippen LogP contribution in [0.3, 0.4) is 0 Å². The first-order valence-corrected chi connectivity index (χ1v) is 10.1. The topological polar surface area (TPSA) is 100 Å². The minimum absolute atomic E-state index is 0.0276. The maximum Gasteiger partial charge on any atom is 0.408 e. The molecular weight excluding hydrogens is 390 g/mol. The van der Waals surface area contributed by atoms with Crippen molar-refractivity contribution in [2.24, 2.45) is 0 Å². The van der Waals surface area contributed by atoms with Gasteiger partial charge in [0.1, 0.15) is 30.1 Å². The Morgan fingerprint density at radius 3 is 2.50 bits per heavy atom. The summed E-state index contributed by atoms with van der Waals surface area (Å²) in [6.07, 6.45) is 2.39. The van der Waals surface area contributed by atoms with Gasteiger partial charge in [-0.3, -0.25) is 4.79 Å². The van der Waals surface area contributed by atoms with Gasteiger partial charge in [0.2, 0.25) is 0 Å². The van der Waals surface area contributed by atoms with Crippen LogP contribution in [0, 0.1) is 0 Å². The molecule has 8 heteroatoms. The zero-order valence-corrected chi connectivity index (χ0v) is 18.1. The molecule has 1 fully saturated rings. The molecule has 2 rings (SSSR count). The molecule has 1 amide bonds. The minimum Gasteiger partial charge on any atom is -0.497 e. The molecule has 1 aliphatic rings. The Hall–Kier alpha value is -2.77. The highest BCUT2D eigenvalue weighted by Gasteiger charge is 2.30. The molecule has 0 saturated heterocycles. The van der Waals surface area contributed by atoms with Gasteiger partial charge in [0.15, 0.2) is 0 Å². The van der Waals surface area contributed by atoms with Crippen LogP contribution >= 0.6 is 0 Å². The van der Waals surface area contributed by atoms with Crippen molar-refractivity contribution in [1.29, 1.82) is 0 Å². The van der Waals surface area contributed by atoms with Gasteiger partial charge in [-0.15, -0.1) is 0 Å². The van der Waals surface area contributed by atoms with Gasteiger partial charge in [-0.25, -0.2) is 9.59 Å². The summed E-state index contributed by atoms with van der Waals surface area (Å²) >= 11 is 0. The monoisotopic (exact) mass is 421 g/mol. The number of hydrogen-bond acceptors (Lipinski definition) is 7. The lowest BCUT2D eigenvalue weighted by Gasteiger charge is -2.23. The lowest BCUT2D eigenvalue weighted by Crippen LogP contribution is -2.45. The fraction of sp³-hybridized carbons (Fsp3) is 0.591. The van der Waals surface area contributed by atoms with Gasteiger partial charge < -0.3 is 24.3 Å². The van der Waals surface area contributed by atoms with E-state index in [4.69, 9.17) is 18.9 Å². The van der Waals surface area contributed by atoms with Crippen molar-refractivity contribution in [3.8, 4) is 5.75 Å². The molecule has 1 aliphatic carbocycles. The van der Waals surface area contributed by atoms with E-state index >= 15 is 0 Å². The molecule has 8 nitrogen and oxygen atoms in total. The van der Waals surface area contributed by atoms with E-state index in [9.17, 15) is 14.4 Å². The lowest BCUT2D eigenvalue weighted by molar-refractivity contribution is -0.156. The first-order chi connectivity index (χ1) is 14.2. The third-order valence-electron chi connectivity index (χ3n) is 4.46. The van der Waals surface area contributed by atoms with Gasteiger partial charge in [-0.1, -0.05) is 12.1 Å². The Morgan fingerprint density at radius 1 is 1.17 bits per heavy atom. The summed E-state index contributed by atoms with van der Waals surface area (Å²) in [4.78, 5) is 37.1. The smallest absolute Gasteiger partial charge is 0.408 e. The van der Waals surface area contributed by atoms with Gasteiger partial charge in [-0.2, -0.15) is 0 Å². The number of methoxy groups -OCH3 is 1. The number of benzene rings is 1. The van der Waals surface area contributed by atoms with E-state index in [0.29, 0.717) is 11.3 Å². The van der Waals surface area contributed by atoms with Crippen LogP contribution in [0.5, 0.6) is 5.75 Å².